The Balaban J connectivity index is 2.61. The molecule has 0 aromatic carbocycles. The van der Waals surface area contributed by atoms with Crippen LogP contribution in [-0.2, 0) is 6.54 Å². The molecule has 0 unspecified atom stereocenters. The van der Waals surface area contributed by atoms with Gasteiger partial charge in [0.15, 0.2) is 5.96 Å². The van der Waals surface area contributed by atoms with Gasteiger partial charge in [0, 0.05) is 23.4 Å². The van der Waals surface area contributed by atoms with E-state index in [4.69, 9.17) is 5.73 Å². The number of nitrogens with zero attached hydrogens (tertiary/aromatic N) is 2. The van der Waals surface area contributed by atoms with Crippen LogP contribution in [0.15, 0.2) is 20.9 Å². The SMILES string of the molecule is CN(C)C(N)=NCc1sccc1Br. The van der Waals surface area contributed by atoms with Crippen LogP contribution >= 0.6 is 27.3 Å². The summed E-state index contributed by atoms with van der Waals surface area (Å²) in [5.74, 6) is 0.556. The number of hydrogen-bond donors (Lipinski definition) is 1. The lowest BCUT2D eigenvalue weighted by atomic mass is 10.5. The van der Waals surface area contributed by atoms with Crippen LogP contribution in [0, 0.1) is 0 Å². The average molecular weight is 262 g/mol. The van der Waals surface area contributed by atoms with Crippen LogP contribution < -0.4 is 5.73 Å². The molecule has 0 saturated carbocycles. The van der Waals surface area contributed by atoms with Gasteiger partial charge >= 0.3 is 0 Å². The van der Waals surface area contributed by atoms with Gasteiger partial charge < -0.3 is 10.6 Å². The summed E-state index contributed by atoms with van der Waals surface area (Å²) in [7, 11) is 3.75. The summed E-state index contributed by atoms with van der Waals surface area (Å²) < 4.78 is 1.10. The Morgan fingerprint density at radius 1 is 1.69 bits per heavy atom. The molecule has 0 aliphatic rings. The van der Waals surface area contributed by atoms with E-state index in [1.165, 1.54) is 4.88 Å². The minimum absolute atomic E-state index is 0.556. The molecular formula is C8H12BrN3S. The number of halogens is 1. The van der Waals surface area contributed by atoms with Gasteiger partial charge in [-0.05, 0) is 27.4 Å². The van der Waals surface area contributed by atoms with E-state index in [0.29, 0.717) is 12.5 Å². The summed E-state index contributed by atoms with van der Waals surface area (Å²) >= 11 is 5.12. The van der Waals surface area contributed by atoms with Crippen LogP contribution in [0.1, 0.15) is 4.88 Å². The molecular weight excluding hydrogens is 250 g/mol. The van der Waals surface area contributed by atoms with Crippen LogP contribution in [0.4, 0.5) is 0 Å². The number of hydrogen-bond acceptors (Lipinski definition) is 2. The zero-order valence-corrected chi connectivity index (χ0v) is 10.0. The fourth-order valence-electron chi connectivity index (χ4n) is 0.732. The van der Waals surface area contributed by atoms with Crippen LogP contribution in [0.2, 0.25) is 0 Å². The van der Waals surface area contributed by atoms with Gasteiger partial charge in [-0.2, -0.15) is 0 Å². The van der Waals surface area contributed by atoms with Crippen molar-refractivity contribution in [2.24, 2.45) is 10.7 Å². The van der Waals surface area contributed by atoms with E-state index in [9.17, 15) is 0 Å². The Bertz CT molecular complexity index is 306. The number of nitrogens with two attached hydrogens (primary N) is 1. The van der Waals surface area contributed by atoms with E-state index in [-0.39, 0.29) is 0 Å². The van der Waals surface area contributed by atoms with Gasteiger partial charge in [-0.1, -0.05) is 0 Å². The second-order valence-corrected chi connectivity index (χ2v) is 4.62. The first-order chi connectivity index (χ1) is 6.11. The molecule has 72 valence electrons. The molecule has 13 heavy (non-hydrogen) atoms. The van der Waals surface area contributed by atoms with Crippen molar-refractivity contribution in [1.29, 1.82) is 0 Å². The summed E-state index contributed by atoms with van der Waals surface area (Å²) in [4.78, 5) is 7.22. The summed E-state index contributed by atoms with van der Waals surface area (Å²) in [6.07, 6.45) is 0. The maximum absolute atomic E-state index is 5.65. The van der Waals surface area contributed by atoms with Gasteiger partial charge in [0.05, 0.1) is 6.54 Å². The molecule has 0 bridgehead atoms. The highest BCUT2D eigenvalue weighted by Gasteiger charge is 2.00. The van der Waals surface area contributed by atoms with Crippen molar-refractivity contribution in [3.8, 4) is 0 Å². The zero-order valence-electron chi connectivity index (χ0n) is 7.62. The topological polar surface area (TPSA) is 41.6 Å². The molecule has 1 rings (SSSR count). The van der Waals surface area contributed by atoms with Crippen LogP contribution in [-0.4, -0.2) is 25.0 Å². The molecule has 1 aromatic rings. The van der Waals surface area contributed by atoms with Crippen LogP contribution in [0.5, 0.6) is 0 Å². The third-order valence-corrected chi connectivity index (χ3v) is 3.45. The first-order valence-electron chi connectivity index (χ1n) is 3.80. The summed E-state index contributed by atoms with van der Waals surface area (Å²) in [5.41, 5.74) is 5.65. The molecule has 2 N–H and O–H groups in total. The maximum atomic E-state index is 5.65. The molecule has 0 atom stereocenters. The van der Waals surface area contributed by atoms with Gasteiger partial charge in [0.1, 0.15) is 0 Å². The van der Waals surface area contributed by atoms with E-state index in [0.717, 1.165) is 4.47 Å². The van der Waals surface area contributed by atoms with Gasteiger partial charge in [0.2, 0.25) is 0 Å². The normalized spacial score (nSPS) is 11.8. The quantitative estimate of drug-likeness (QED) is 0.653. The molecule has 1 aromatic heterocycles. The van der Waals surface area contributed by atoms with E-state index >= 15 is 0 Å². The monoisotopic (exact) mass is 261 g/mol. The summed E-state index contributed by atoms with van der Waals surface area (Å²) in [6, 6.07) is 2.02. The van der Waals surface area contributed by atoms with Crippen LogP contribution in [0.25, 0.3) is 0 Å². The predicted molar refractivity (Wildman–Crippen MR) is 61.0 cm³/mol. The predicted octanol–water partition coefficient (Wildman–Crippen LogP) is 1.89. The lowest BCUT2D eigenvalue weighted by Gasteiger charge is -2.09. The van der Waals surface area contributed by atoms with Crippen molar-refractivity contribution in [1.82, 2.24) is 4.90 Å². The summed E-state index contributed by atoms with van der Waals surface area (Å²) in [5, 5.41) is 2.03. The van der Waals surface area contributed by atoms with Crippen molar-refractivity contribution < 1.29 is 0 Å². The molecule has 0 spiro atoms. The number of rotatable bonds is 2. The van der Waals surface area contributed by atoms with Crippen molar-refractivity contribution in [3.63, 3.8) is 0 Å². The van der Waals surface area contributed by atoms with Crippen LogP contribution in [0.3, 0.4) is 0 Å². The minimum atomic E-state index is 0.556. The Morgan fingerprint density at radius 3 is 2.85 bits per heavy atom. The van der Waals surface area contributed by atoms with Gasteiger partial charge in [-0.15, -0.1) is 11.3 Å². The highest BCUT2D eigenvalue weighted by atomic mass is 79.9. The second kappa shape index (κ2) is 4.62. The Morgan fingerprint density at radius 2 is 2.38 bits per heavy atom. The van der Waals surface area contributed by atoms with Gasteiger partial charge in [-0.3, -0.25) is 0 Å². The molecule has 3 nitrogen and oxygen atoms in total. The first-order valence-corrected chi connectivity index (χ1v) is 5.47. The molecule has 0 aliphatic heterocycles. The highest BCUT2D eigenvalue weighted by molar-refractivity contribution is 9.10. The molecule has 0 radical (unpaired) electrons. The van der Waals surface area contributed by atoms with E-state index in [2.05, 4.69) is 20.9 Å². The fourth-order valence-corrected chi connectivity index (χ4v) is 2.13. The Kier molecular flexibility index (Phi) is 3.74. The van der Waals surface area contributed by atoms with Crippen molar-refractivity contribution in [3.05, 3.63) is 20.8 Å². The summed E-state index contributed by atoms with van der Waals surface area (Å²) in [6.45, 7) is 0.641. The minimum Gasteiger partial charge on any atom is -0.370 e. The van der Waals surface area contributed by atoms with E-state index in [1.807, 2.05) is 25.5 Å². The first kappa shape index (κ1) is 10.5. The smallest absolute Gasteiger partial charge is 0.191 e. The highest BCUT2D eigenvalue weighted by Crippen LogP contribution is 2.23. The Labute approximate surface area is 90.4 Å². The maximum Gasteiger partial charge on any atom is 0.191 e. The average Bonchev–Trinajstić information content (AvgIpc) is 2.47. The third-order valence-electron chi connectivity index (χ3n) is 1.53. The number of guanidine groups is 1. The zero-order chi connectivity index (χ0) is 9.84. The number of thiophene rings is 1. The van der Waals surface area contributed by atoms with Crippen molar-refractivity contribution in [2.45, 2.75) is 6.54 Å². The molecule has 0 saturated heterocycles. The Hall–Kier alpha value is -0.550. The lowest BCUT2D eigenvalue weighted by molar-refractivity contribution is 0.609. The number of aliphatic imine (C=N–C) groups is 1. The standard InChI is InChI=1S/C8H12BrN3S/c1-12(2)8(10)11-5-7-6(9)3-4-13-7/h3-4H,5H2,1-2H3,(H2,10,11). The molecule has 0 amide bonds. The fraction of sp³-hybridized carbons (Fsp3) is 0.375. The van der Waals surface area contributed by atoms with E-state index in [1.54, 1.807) is 16.2 Å². The lowest BCUT2D eigenvalue weighted by Crippen LogP contribution is -2.30. The molecule has 5 heteroatoms. The second-order valence-electron chi connectivity index (χ2n) is 2.76. The van der Waals surface area contributed by atoms with Gasteiger partial charge in [0.25, 0.3) is 0 Å². The molecule has 1 heterocycles. The third kappa shape index (κ3) is 3.00. The molecule has 0 fully saturated rings. The largest absolute Gasteiger partial charge is 0.370 e. The van der Waals surface area contributed by atoms with Crippen molar-refractivity contribution in [2.75, 3.05) is 14.1 Å². The van der Waals surface area contributed by atoms with E-state index < -0.39 is 0 Å². The van der Waals surface area contributed by atoms with Gasteiger partial charge in [-0.25, -0.2) is 4.99 Å². The molecule has 0 aliphatic carbocycles. The van der Waals surface area contributed by atoms with Crippen molar-refractivity contribution >= 4 is 33.2 Å².